The summed E-state index contributed by atoms with van der Waals surface area (Å²) in [5, 5.41) is 0. The zero-order valence-corrected chi connectivity index (χ0v) is 6.62. The lowest BCUT2D eigenvalue weighted by Crippen LogP contribution is -1.78. The van der Waals surface area contributed by atoms with Crippen LogP contribution in [-0.4, -0.2) is 4.57 Å². The van der Waals surface area contributed by atoms with Crippen LogP contribution in [0.1, 0.15) is 12.0 Å². The smallest absolute Gasteiger partial charge is 0.0110 e. The maximum atomic E-state index is 2.25. The van der Waals surface area contributed by atoms with Crippen LogP contribution >= 0.6 is 0 Å². The van der Waals surface area contributed by atoms with E-state index in [4.69, 9.17) is 0 Å². The van der Waals surface area contributed by atoms with Gasteiger partial charge in [-0.25, -0.2) is 0 Å². The van der Waals surface area contributed by atoms with Crippen molar-refractivity contribution in [3.05, 3.63) is 42.3 Å². The molecule has 0 saturated carbocycles. The molecule has 1 heterocycles. The van der Waals surface area contributed by atoms with E-state index in [-0.39, 0.29) is 0 Å². The van der Waals surface area contributed by atoms with Crippen LogP contribution in [0.25, 0.3) is 5.57 Å². The number of rotatable bonds is 1. The summed E-state index contributed by atoms with van der Waals surface area (Å²) in [5.41, 5.74) is 2.67. The summed E-state index contributed by atoms with van der Waals surface area (Å²) < 4.78 is 2.07. The molecule has 1 heteroatoms. The Morgan fingerprint density at radius 3 is 2.91 bits per heavy atom. The molecule has 0 N–H and O–H groups in total. The van der Waals surface area contributed by atoms with Gasteiger partial charge in [-0.05, 0) is 23.6 Å². The fourth-order valence-electron chi connectivity index (χ4n) is 1.35. The predicted octanol–water partition coefficient (Wildman–Crippen LogP) is 2.37. The van der Waals surface area contributed by atoms with Gasteiger partial charge in [-0.1, -0.05) is 18.2 Å². The van der Waals surface area contributed by atoms with Crippen LogP contribution in [0.15, 0.2) is 36.7 Å². The van der Waals surface area contributed by atoms with Gasteiger partial charge in [-0.2, -0.15) is 0 Å². The Morgan fingerprint density at radius 2 is 2.36 bits per heavy atom. The molecule has 0 radical (unpaired) electrons. The van der Waals surface area contributed by atoms with Gasteiger partial charge in [0.05, 0.1) is 0 Å². The molecule has 0 aliphatic heterocycles. The van der Waals surface area contributed by atoms with Crippen molar-refractivity contribution in [2.75, 3.05) is 0 Å². The van der Waals surface area contributed by atoms with Crippen molar-refractivity contribution >= 4 is 5.57 Å². The second-order valence-electron chi connectivity index (χ2n) is 2.86. The predicted molar refractivity (Wildman–Crippen MR) is 47.1 cm³/mol. The monoisotopic (exact) mass is 145 g/mol. The maximum Gasteiger partial charge on any atom is 0.0110 e. The minimum absolute atomic E-state index is 1.09. The van der Waals surface area contributed by atoms with Crippen molar-refractivity contribution < 1.29 is 0 Å². The van der Waals surface area contributed by atoms with E-state index in [9.17, 15) is 0 Å². The van der Waals surface area contributed by atoms with Crippen LogP contribution < -0.4 is 0 Å². The standard InChI is InChI=1S/C10H11N/c1-11-7-6-10(8-11)9-4-2-3-5-9/h2,4-8H,3H2,1H3. The number of hydrogen-bond donors (Lipinski definition) is 0. The molecule has 1 nitrogen and oxygen atoms in total. The average molecular weight is 145 g/mol. The van der Waals surface area contributed by atoms with Crippen LogP contribution in [0.4, 0.5) is 0 Å². The maximum absolute atomic E-state index is 2.25. The third-order valence-electron chi connectivity index (χ3n) is 1.94. The fourth-order valence-corrected chi connectivity index (χ4v) is 1.35. The zero-order valence-electron chi connectivity index (χ0n) is 6.62. The van der Waals surface area contributed by atoms with Gasteiger partial charge in [0.25, 0.3) is 0 Å². The van der Waals surface area contributed by atoms with Crippen LogP contribution in [-0.2, 0) is 7.05 Å². The second-order valence-corrected chi connectivity index (χ2v) is 2.86. The summed E-state index contributed by atoms with van der Waals surface area (Å²) in [7, 11) is 2.04. The molecule has 0 bridgehead atoms. The first kappa shape index (κ1) is 6.47. The molecular formula is C10H11N. The molecule has 0 saturated heterocycles. The topological polar surface area (TPSA) is 4.93 Å². The highest BCUT2D eigenvalue weighted by atomic mass is 14.9. The van der Waals surface area contributed by atoms with Crippen LogP contribution in [0.3, 0.4) is 0 Å². The Balaban J connectivity index is 2.36. The molecule has 0 amide bonds. The van der Waals surface area contributed by atoms with Crippen LogP contribution in [0.5, 0.6) is 0 Å². The summed E-state index contributed by atoms with van der Waals surface area (Å²) in [6.45, 7) is 0. The number of aryl methyl sites for hydroxylation is 1. The first-order valence-electron chi connectivity index (χ1n) is 3.85. The van der Waals surface area contributed by atoms with Crippen molar-refractivity contribution in [1.29, 1.82) is 0 Å². The zero-order chi connectivity index (χ0) is 7.68. The van der Waals surface area contributed by atoms with Gasteiger partial charge in [0.15, 0.2) is 0 Å². The molecule has 56 valence electrons. The van der Waals surface area contributed by atoms with E-state index in [0.29, 0.717) is 0 Å². The van der Waals surface area contributed by atoms with Gasteiger partial charge in [-0.3, -0.25) is 0 Å². The minimum Gasteiger partial charge on any atom is -0.357 e. The number of hydrogen-bond acceptors (Lipinski definition) is 0. The Morgan fingerprint density at radius 1 is 1.45 bits per heavy atom. The summed E-state index contributed by atoms with van der Waals surface area (Å²) in [6, 6.07) is 2.14. The largest absolute Gasteiger partial charge is 0.357 e. The number of nitrogens with zero attached hydrogens (tertiary/aromatic N) is 1. The van der Waals surface area contributed by atoms with Gasteiger partial charge >= 0.3 is 0 Å². The number of aromatic nitrogens is 1. The lowest BCUT2D eigenvalue weighted by molar-refractivity contribution is 0.927. The quantitative estimate of drug-likeness (QED) is 0.571. The first-order valence-corrected chi connectivity index (χ1v) is 3.85. The highest BCUT2D eigenvalue weighted by Crippen LogP contribution is 2.20. The van der Waals surface area contributed by atoms with Gasteiger partial charge in [0.1, 0.15) is 0 Å². The molecule has 1 aliphatic rings. The van der Waals surface area contributed by atoms with E-state index >= 15 is 0 Å². The van der Waals surface area contributed by atoms with Gasteiger partial charge < -0.3 is 4.57 Å². The van der Waals surface area contributed by atoms with E-state index in [1.54, 1.807) is 0 Å². The van der Waals surface area contributed by atoms with Crippen molar-refractivity contribution in [3.63, 3.8) is 0 Å². The lowest BCUT2D eigenvalue weighted by atomic mass is 10.1. The van der Waals surface area contributed by atoms with Crippen LogP contribution in [0.2, 0.25) is 0 Å². The van der Waals surface area contributed by atoms with E-state index in [0.717, 1.165) is 6.42 Å². The van der Waals surface area contributed by atoms with E-state index in [2.05, 4.69) is 41.3 Å². The molecule has 2 rings (SSSR count). The van der Waals surface area contributed by atoms with E-state index in [1.165, 1.54) is 11.1 Å². The highest BCUT2D eigenvalue weighted by Gasteiger charge is 2.01. The third kappa shape index (κ3) is 1.14. The van der Waals surface area contributed by atoms with E-state index in [1.807, 2.05) is 7.05 Å². The van der Waals surface area contributed by atoms with Gasteiger partial charge in [0.2, 0.25) is 0 Å². The Labute approximate surface area is 66.7 Å². The summed E-state index contributed by atoms with van der Waals surface area (Å²) in [5.74, 6) is 0. The summed E-state index contributed by atoms with van der Waals surface area (Å²) in [4.78, 5) is 0. The Hall–Kier alpha value is -1.24. The van der Waals surface area contributed by atoms with Gasteiger partial charge in [-0.15, -0.1) is 0 Å². The van der Waals surface area contributed by atoms with Crippen molar-refractivity contribution in [2.24, 2.45) is 7.05 Å². The number of allylic oxidation sites excluding steroid dienone is 4. The molecule has 1 aromatic heterocycles. The van der Waals surface area contributed by atoms with Crippen LogP contribution in [0, 0.1) is 0 Å². The molecule has 0 atom stereocenters. The average Bonchev–Trinajstić information content (AvgIpc) is 2.55. The van der Waals surface area contributed by atoms with Crippen molar-refractivity contribution in [3.8, 4) is 0 Å². The molecule has 0 fully saturated rings. The molecule has 0 aromatic carbocycles. The molecular weight excluding hydrogens is 134 g/mol. The van der Waals surface area contributed by atoms with Gasteiger partial charge in [0, 0.05) is 19.4 Å². The summed E-state index contributed by atoms with van der Waals surface area (Å²) in [6.07, 6.45) is 11.9. The highest BCUT2D eigenvalue weighted by molar-refractivity contribution is 5.75. The SMILES string of the molecule is Cn1ccc(C2=CCC=C2)c1. The molecule has 1 aliphatic carbocycles. The molecule has 0 unspecified atom stereocenters. The molecule has 11 heavy (non-hydrogen) atoms. The van der Waals surface area contributed by atoms with Crippen molar-refractivity contribution in [2.45, 2.75) is 6.42 Å². The third-order valence-corrected chi connectivity index (χ3v) is 1.94. The fraction of sp³-hybridized carbons (Fsp3) is 0.200. The Bertz CT molecular complexity index is 315. The molecule has 0 spiro atoms. The minimum atomic E-state index is 1.09. The van der Waals surface area contributed by atoms with E-state index < -0.39 is 0 Å². The Kier molecular flexibility index (Phi) is 1.42. The van der Waals surface area contributed by atoms with Crippen molar-refractivity contribution in [1.82, 2.24) is 4.57 Å². The summed E-state index contributed by atoms with van der Waals surface area (Å²) >= 11 is 0. The lowest BCUT2D eigenvalue weighted by Gasteiger charge is -1.91. The first-order chi connectivity index (χ1) is 5.36. The second kappa shape index (κ2) is 2.42. The molecule has 1 aromatic rings. The normalized spacial score (nSPS) is 15.5.